The van der Waals surface area contributed by atoms with E-state index in [0.29, 0.717) is 5.25 Å². The van der Waals surface area contributed by atoms with Crippen molar-refractivity contribution in [1.29, 1.82) is 0 Å². The molecule has 0 aromatic heterocycles. The first-order valence-corrected chi connectivity index (χ1v) is 8.47. The van der Waals surface area contributed by atoms with Crippen molar-refractivity contribution in [2.45, 2.75) is 11.7 Å². The third-order valence-electron chi connectivity index (χ3n) is 3.57. The number of rotatable bonds is 6. The maximum atomic E-state index is 4.47. The molecule has 0 bridgehead atoms. The Morgan fingerprint density at radius 3 is 2.05 bits per heavy atom. The molecule has 0 unspecified atom stereocenters. The Kier molecular flexibility index (Phi) is 6.81. The van der Waals surface area contributed by atoms with Crippen LogP contribution < -0.4 is 5.32 Å². The summed E-state index contributed by atoms with van der Waals surface area (Å²) in [5.74, 6) is 2.25. The van der Waals surface area contributed by atoms with E-state index < -0.39 is 0 Å². The first kappa shape index (κ1) is 16.9. The summed E-state index contributed by atoms with van der Waals surface area (Å²) in [5, 5.41) is 3.74. The highest BCUT2D eigenvalue weighted by Gasteiger charge is 2.15. The monoisotopic (exact) mass is 332 g/mol. The molecular formula is C18H21ClN2S. The molecule has 2 aromatic rings. The summed E-state index contributed by atoms with van der Waals surface area (Å²) in [4.78, 5) is 4.47. The van der Waals surface area contributed by atoms with Gasteiger partial charge in [0.15, 0.2) is 0 Å². The van der Waals surface area contributed by atoms with Gasteiger partial charge in [-0.3, -0.25) is 4.99 Å². The zero-order chi connectivity index (χ0) is 14.3. The molecule has 4 heteroatoms. The lowest BCUT2D eigenvalue weighted by Gasteiger charge is -2.17. The predicted octanol–water partition coefficient (Wildman–Crippen LogP) is 4.32. The molecule has 1 aliphatic heterocycles. The Morgan fingerprint density at radius 2 is 1.55 bits per heavy atom. The second-order valence-electron chi connectivity index (χ2n) is 5.08. The van der Waals surface area contributed by atoms with Crippen LogP contribution in [-0.4, -0.2) is 24.7 Å². The van der Waals surface area contributed by atoms with Gasteiger partial charge in [-0.2, -0.15) is 0 Å². The quantitative estimate of drug-likeness (QED) is 0.851. The van der Waals surface area contributed by atoms with Gasteiger partial charge in [-0.05, 0) is 11.1 Å². The second kappa shape index (κ2) is 8.86. The van der Waals surface area contributed by atoms with E-state index in [1.165, 1.54) is 17.0 Å². The van der Waals surface area contributed by atoms with Gasteiger partial charge < -0.3 is 5.32 Å². The number of benzene rings is 2. The van der Waals surface area contributed by atoms with Crippen LogP contribution in [-0.2, 0) is 0 Å². The van der Waals surface area contributed by atoms with Gasteiger partial charge in [0.2, 0.25) is 0 Å². The standard InChI is InChI=1S/C18H20N2S.ClH/c1-3-7-15(8-4-1)18(16-9-5-2-6-10-16)21-14-11-17-19-12-13-20-17;/h1-10,18H,11-14H2,(H,19,20);1H. The van der Waals surface area contributed by atoms with Crippen LogP contribution in [0.3, 0.4) is 0 Å². The van der Waals surface area contributed by atoms with Crippen LogP contribution in [0.1, 0.15) is 22.8 Å². The molecular weight excluding hydrogens is 312 g/mol. The van der Waals surface area contributed by atoms with E-state index in [9.17, 15) is 0 Å². The molecule has 0 saturated carbocycles. The largest absolute Gasteiger partial charge is 0.372 e. The summed E-state index contributed by atoms with van der Waals surface area (Å²) in [7, 11) is 0. The third kappa shape index (κ3) is 4.52. The zero-order valence-corrected chi connectivity index (χ0v) is 14.1. The molecule has 1 N–H and O–H groups in total. The third-order valence-corrected chi connectivity index (χ3v) is 4.89. The van der Waals surface area contributed by atoms with Gasteiger partial charge in [-0.25, -0.2) is 0 Å². The average molecular weight is 333 g/mol. The summed E-state index contributed by atoms with van der Waals surface area (Å²) in [6.07, 6.45) is 1.03. The van der Waals surface area contributed by atoms with Gasteiger partial charge in [-0.1, -0.05) is 60.7 Å². The molecule has 2 aromatic carbocycles. The summed E-state index contributed by atoms with van der Waals surface area (Å²) in [6.45, 7) is 1.93. The van der Waals surface area contributed by atoms with Gasteiger partial charge >= 0.3 is 0 Å². The Bertz CT molecular complexity index is 547. The van der Waals surface area contributed by atoms with E-state index in [0.717, 1.165) is 25.3 Å². The molecule has 3 rings (SSSR count). The molecule has 0 atom stereocenters. The maximum absolute atomic E-state index is 4.47. The van der Waals surface area contributed by atoms with Gasteiger partial charge in [0.1, 0.15) is 0 Å². The highest BCUT2D eigenvalue weighted by atomic mass is 35.5. The van der Waals surface area contributed by atoms with Crippen LogP contribution in [0.25, 0.3) is 0 Å². The molecule has 0 aliphatic carbocycles. The minimum atomic E-state index is 0. The van der Waals surface area contributed by atoms with E-state index in [2.05, 4.69) is 71.0 Å². The highest BCUT2D eigenvalue weighted by Crippen LogP contribution is 2.35. The lowest BCUT2D eigenvalue weighted by molar-refractivity contribution is 0.951. The maximum Gasteiger partial charge on any atom is 0.0972 e. The van der Waals surface area contributed by atoms with Gasteiger partial charge in [0, 0.05) is 18.7 Å². The van der Waals surface area contributed by atoms with Crippen molar-refractivity contribution in [3.05, 3.63) is 71.8 Å². The van der Waals surface area contributed by atoms with E-state index in [1.807, 2.05) is 11.8 Å². The first-order chi connectivity index (χ1) is 10.4. The molecule has 0 radical (unpaired) electrons. The van der Waals surface area contributed by atoms with E-state index >= 15 is 0 Å². The summed E-state index contributed by atoms with van der Waals surface area (Å²) in [6, 6.07) is 21.5. The number of nitrogens with zero attached hydrogens (tertiary/aromatic N) is 1. The second-order valence-corrected chi connectivity index (χ2v) is 6.29. The fourth-order valence-corrected chi connectivity index (χ4v) is 3.77. The smallest absolute Gasteiger partial charge is 0.0972 e. The number of halogens is 1. The molecule has 0 saturated heterocycles. The first-order valence-electron chi connectivity index (χ1n) is 7.42. The molecule has 2 nitrogen and oxygen atoms in total. The van der Waals surface area contributed by atoms with E-state index in [1.54, 1.807) is 0 Å². The van der Waals surface area contributed by atoms with Crippen molar-refractivity contribution in [2.75, 3.05) is 18.8 Å². The normalized spacial score (nSPS) is 13.4. The average Bonchev–Trinajstić information content (AvgIpc) is 3.07. The number of hydrogen-bond donors (Lipinski definition) is 1. The van der Waals surface area contributed by atoms with Gasteiger partial charge in [-0.15, -0.1) is 24.2 Å². The Hall–Kier alpha value is -1.45. The summed E-state index contributed by atoms with van der Waals surface area (Å²) in [5.41, 5.74) is 2.74. The molecule has 1 heterocycles. The SMILES string of the molecule is Cl.c1ccc(C(SCCC2=NCCN2)c2ccccc2)cc1. The summed E-state index contributed by atoms with van der Waals surface area (Å²) >= 11 is 1.99. The minimum absolute atomic E-state index is 0. The van der Waals surface area contributed by atoms with Crippen LogP contribution in [0.5, 0.6) is 0 Å². The molecule has 0 spiro atoms. The van der Waals surface area contributed by atoms with Crippen LogP contribution in [0.15, 0.2) is 65.7 Å². The van der Waals surface area contributed by atoms with Crippen LogP contribution in [0.4, 0.5) is 0 Å². The number of aliphatic imine (C=N–C) groups is 1. The molecule has 22 heavy (non-hydrogen) atoms. The summed E-state index contributed by atoms with van der Waals surface area (Å²) < 4.78 is 0. The van der Waals surface area contributed by atoms with Crippen molar-refractivity contribution < 1.29 is 0 Å². The van der Waals surface area contributed by atoms with Crippen LogP contribution in [0, 0.1) is 0 Å². The Labute approximate surface area is 142 Å². The molecule has 1 aliphatic rings. The van der Waals surface area contributed by atoms with E-state index in [-0.39, 0.29) is 12.4 Å². The van der Waals surface area contributed by atoms with Crippen LogP contribution in [0.2, 0.25) is 0 Å². The zero-order valence-electron chi connectivity index (χ0n) is 12.4. The van der Waals surface area contributed by atoms with Crippen molar-refractivity contribution >= 4 is 30.0 Å². The van der Waals surface area contributed by atoms with Crippen molar-refractivity contribution in [3.8, 4) is 0 Å². The number of thioether (sulfide) groups is 1. The van der Waals surface area contributed by atoms with E-state index in [4.69, 9.17) is 0 Å². The van der Waals surface area contributed by atoms with Crippen molar-refractivity contribution in [1.82, 2.24) is 5.32 Å². The minimum Gasteiger partial charge on any atom is -0.372 e. The number of amidine groups is 1. The molecule has 116 valence electrons. The lowest BCUT2D eigenvalue weighted by Crippen LogP contribution is -2.19. The molecule has 0 fully saturated rings. The number of nitrogens with one attached hydrogen (secondary N) is 1. The Balaban J connectivity index is 0.00000176. The Morgan fingerprint density at radius 1 is 0.955 bits per heavy atom. The lowest BCUT2D eigenvalue weighted by atomic mass is 10.0. The van der Waals surface area contributed by atoms with Crippen molar-refractivity contribution in [3.63, 3.8) is 0 Å². The number of hydrogen-bond acceptors (Lipinski definition) is 3. The van der Waals surface area contributed by atoms with Crippen molar-refractivity contribution in [2.24, 2.45) is 4.99 Å². The predicted molar refractivity (Wildman–Crippen MR) is 99.4 cm³/mol. The fourth-order valence-electron chi connectivity index (χ4n) is 2.53. The van der Waals surface area contributed by atoms with Crippen LogP contribution >= 0.6 is 24.2 Å². The van der Waals surface area contributed by atoms with Gasteiger partial charge in [0.25, 0.3) is 0 Å². The highest BCUT2D eigenvalue weighted by molar-refractivity contribution is 7.99. The van der Waals surface area contributed by atoms with Gasteiger partial charge in [0.05, 0.1) is 17.6 Å². The molecule has 0 amide bonds. The fraction of sp³-hybridized carbons (Fsp3) is 0.278. The topological polar surface area (TPSA) is 24.4 Å².